The molecule has 0 aliphatic rings. The van der Waals surface area contributed by atoms with Gasteiger partial charge in [0.2, 0.25) is 5.82 Å². The number of hydrogen-bond donors (Lipinski definition) is 0. The van der Waals surface area contributed by atoms with Gasteiger partial charge in [0.25, 0.3) is 5.89 Å². The standard InChI is InChI=1S/C18H12Cl2F2N2O5/c1-26-14-6-9(2-5-13(14)28-18(21)22)16-23-15(29-24-16)8-27-17(25)11-7-10(19)3-4-12(11)20/h2-7,18H,8H2,1H3. The third-order valence-electron chi connectivity index (χ3n) is 3.58. The molecule has 152 valence electrons. The van der Waals surface area contributed by atoms with Crippen molar-refractivity contribution in [1.29, 1.82) is 0 Å². The van der Waals surface area contributed by atoms with Crippen molar-refractivity contribution >= 4 is 29.2 Å². The topological polar surface area (TPSA) is 83.7 Å². The van der Waals surface area contributed by atoms with E-state index in [-0.39, 0.29) is 40.4 Å². The summed E-state index contributed by atoms with van der Waals surface area (Å²) < 4.78 is 44.3. The van der Waals surface area contributed by atoms with Gasteiger partial charge in [0, 0.05) is 10.6 Å². The molecular weight excluding hydrogens is 433 g/mol. The van der Waals surface area contributed by atoms with Crippen LogP contribution in [0.3, 0.4) is 0 Å². The van der Waals surface area contributed by atoms with Crippen LogP contribution in [0.1, 0.15) is 16.2 Å². The highest BCUT2D eigenvalue weighted by Gasteiger charge is 2.17. The van der Waals surface area contributed by atoms with Crippen molar-refractivity contribution in [3.63, 3.8) is 0 Å². The molecule has 1 heterocycles. The van der Waals surface area contributed by atoms with E-state index in [1.54, 1.807) is 0 Å². The van der Waals surface area contributed by atoms with Crippen LogP contribution in [-0.2, 0) is 11.3 Å². The van der Waals surface area contributed by atoms with Crippen LogP contribution in [0.25, 0.3) is 11.4 Å². The maximum atomic E-state index is 12.4. The van der Waals surface area contributed by atoms with Gasteiger partial charge in [0.05, 0.1) is 17.7 Å². The summed E-state index contributed by atoms with van der Waals surface area (Å²) in [6.45, 7) is -3.30. The lowest BCUT2D eigenvalue weighted by Crippen LogP contribution is -2.06. The number of methoxy groups -OCH3 is 1. The number of benzene rings is 2. The van der Waals surface area contributed by atoms with Crippen LogP contribution in [-0.4, -0.2) is 29.8 Å². The lowest BCUT2D eigenvalue weighted by molar-refractivity contribution is -0.0512. The van der Waals surface area contributed by atoms with E-state index < -0.39 is 12.6 Å². The summed E-state index contributed by atoms with van der Waals surface area (Å²) in [4.78, 5) is 16.2. The molecule has 0 bridgehead atoms. The average Bonchev–Trinajstić information content (AvgIpc) is 3.17. The molecule has 29 heavy (non-hydrogen) atoms. The van der Waals surface area contributed by atoms with E-state index in [0.29, 0.717) is 10.6 Å². The van der Waals surface area contributed by atoms with E-state index >= 15 is 0 Å². The molecule has 0 atom stereocenters. The van der Waals surface area contributed by atoms with Crippen molar-refractivity contribution in [3.05, 3.63) is 57.9 Å². The molecule has 3 aromatic rings. The zero-order valence-electron chi connectivity index (χ0n) is 14.7. The Morgan fingerprint density at radius 2 is 1.97 bits per heavy atom. The van der Waals surface area contributed by atoms with Crippen LogP contribution >= 0.6 is 23.2 Å². The molecule has 0 fully saturated rings. The predicted molar refractivity (Wildman–Crippen MR) is 98.5 cm³/mol. The summed E-state index contributed by atoms with van der Waals surface area (Å²) in [6.07, 6.45) is 0. The Morgan fingerprint density at radius 3 is 2.69 bits per heavy atom. The molecule has 0 saturated heterocycles. The molecule has 0 unspecified atom stereocenters. The number of aromatic nitrogens is 2. The first-order chi connectivity index (χ1) is 13.9. The van der Waals surface area contributed by atoms with Gasteiger partial charge in [-0.05, 0) is 36.4 Å². The Hall–Kier alpha value is -2.91. The van der Waals surface area contributed by atoms with Gasteiger partial charge in [-0.25, -0.2) is 4.79 Å². The van der Waals surface area contributed by atoms with E-state index in [2.05, 4.69) is 14.9 Å². The second kappa shape index (κ2) is 9.06. The Labute approximate surface area is 173 Å². The van der Waals surface area contributed by atoms with Gasteiger partial charge in [-0.3, -0.25) is 0 Å². The first kappa shape index (κ1) is 20.8. The monoisotopic (exact) mass is 444 g/mol. The van der Waals surface area contributed by atoms with Gasteiger partial charge < -0.3 is 18.7 Å². The van der Waals surface area contributed by atoms with Crippen LogP contribution < -0.4 is 9.47 Å². The Kier molecular flexibility index (Phi) is 6.50. The van der Waals surface area contributed by atoms with E-state index in [1.165, 1.54) is 43.5 Å². The van der Waals surface area contributed by atoms with Crippen molar-refractivity contribution in [1.82, 2.24) is 10.1 Å². The van der Waals surface area contributed by atoms with Crippen molar-refractivity contribution in [2.24, 2.45) is 0 Å². The highest BCUT2D eigenvalue weighted by atomic mass is 35.5. The lowest BCUT2D eigenvalue weighted by atomic mass is 10.2. The molecule has 0 amide bonds. The molecule has 0 saturated carbocycles. The molecule has 2 aromatic carbocycles. The minimum Gasteiger partial charge on any atom is -0.493 e. The summed E-state index contributed by atoms with van der Waals surface area (Å²) >= 11 is 11.8. The molecule has 11 heteroatoms. The zero-order chi connectivity index (χ0) is 21.0. The number of alkyl halides is 2. The number of ether oxygens (including phenoxy) is 3. The average molecular weight is 445 g/mol. The number of hydrogen-bond acceptors (Lipinski definition) is 7. The molecule has 0 spiro atoms. The fourth-order valence-corrected chi connectivity index (χ4v) is 2.66. The van der Waals surface area contributed by atoms with E-state index in [0.717, 1.165) is 0 Å². The van der Waals surface area contributed by atoms with E-state index in [1.807, 2.05) is 0 Å². The van der Waals surface area contributed by atoms with Crippen LogP contribution in [0, 0.1) is 0 Å². The number of halogens is 4. The third kappa shape index (κ3) is 5.12. The van der Waals surface area contributed by atoms with Crippen molar-refractivity contribution < 1.29 is 32.3 Å². The summed E-state index contributed by atoms with van der Waals surface area (Å²) in [5.41, 5.74) is 0.515. The fraction of sp³-hybridized carbons (Fsp3) is 0.167. The Bertz CT molecular complexity index is 1030. The smallest absolute Gasteiger partial charge is 0.387 e. The molecule has 0 aliphatic heterocycles. The molecule has 3 rings (SSSR count). The maximum Gasteiger partial charge on any atom is 0.387 e. The number of esters is 1. The minimum absolute atomic E-state index is 0.0124. The van der Waals surface area contributed by atoms with Crippen LogP contribution in [0.15, 0.2) is 40.9 Å². The van der Waals surface area contributed by atoms with Gasteiger partial charge in [0.1, 0.15) is 0 Å². The van der Waals surface area contributed by atoms with Crippen LogP contribution in [0.4, 0.5) is 8.78 Å². The highest BCUT2D eigenvalue weighted by molar-refractivity contribution is 6.35. The number of rotatable bonds is 7. The van der Waals surface area contributed by atoms with Gasteiger partial charge in [0.15, 0.2) is 18.1 Å². The summed E-state index contributed by atoms with van der Waals surface area (Å²) in [5.74, 6) is -0.636. The SMILES string of the molecule is COc1cc(-c2noc(COC(=O)c3cc(Cl)ccc3Cl)n2)ccc1OC(F)F. The lowest BCUT2D eigenvalue weighted by Gasteiger charge is -2.10. The molecule has 1 aromatic heterocycles. The quantitative estimate of drug-likeness (QED) is 0.473. The van der Waals surface area contributed by atoms with Gasteiger partial charge in [-0.2, -0.15) is 13.8 Å². The zero-order valence-corrected chi connectivity index (χ0v) is 16.2. The van der Waals surface area contributed by atoms with Gasteiger partial charge in [-0.15, -0.1) is 0 Å². The second-order valence-corrected chi connectivity index (χ2v) is 6.30. The third-order valence-corrected chi connectivity index (χ3v) is 4.15. The molecule has 0 aliphatic carbocycles. The summed E-state index contributed by atoms with van der Waals surface area (Å²) in [7, 11) is 1.31. The van der Waals surface area contributed by atoms with Crippen LogP contribution in [0.2, 0.25) is 10.0 Å². The van der Waals surface area contributed by atoms with Crippen molar-refractivity contribution in [3.8, 4) is 22.9 Å². The first-order valence-corrected chi connectivity index (χ1v) is 8.71. The van der Waals surface area contributed by atoms with E-state index in [9.17, 15) is 13.6 Å². The summed E-state index contributed by atoms with van der Waals surface area (Å²) in [5, 5.41) is 4.28. The molecular formula is C18H12Cl2F2N2O5. The van der Waals surface area contributed by atoms with E-state index in [4.69, 9.17) is 37.2 Å². The molecule has 0 N–H and O–H groups in total. The number of carbonyl (C=O) groups excluding carboxylic acids is 1. The second-order valence-electron chi connectivity index (χ2n) is 5.46. The van der Waals surface area contributed by atoms with Gasteiger partial charge >= 0.3 is 12.6 Å². The normalized spacial score (nSPS) is 10.8. The van der Waals surface area contributed by atoms with Crippen LogP contribution in [0.5, 0.6) is 11.5 Å². The summed E-state index contributed by atoms with van der Waals surface area (Å²) in [6, 6.07) is 8.53. The largest absolute Gasteiger partial charge is 0.493 e. The number of nitrogens with zero attached hydrogens (tertiary/aromatic N) is 2. The Morgan fingerprint density at radius 1 is 1.17 bits per heavy atom. The van der Waals surface area contributed by atoms with Gasteiger partial charge in [-0.1, -0.05) is 28.4 Å². The fourth-order valence-electron chi connectivity index (χ4n) is 2.29. The Balaban J connectivity index is 1.71. The molecule has 7 nitrogen and oxygen atoms in total. The number of carbonyl (C=O) groups is 1. The first-order valence-electron chi connectivity index (χ1n) is 7.95. The highest BCUT2D eigenvalue weighted by Crippen LogP contribution is 2.32. The molecule has 0 radical (unpaired) electrons. The van der Waals surface area contributed by atoms with Crippen molar-refractivity contribution in [2.75, 3.05) is 7.11 Å². The predicted octanol–water partition coefficient (Wildman–Crippen LogP) is 5.01. The maximum absolute atomic E-state index is 12.4. The van der Waals surface area contributed by atoms with Crippen molar-refractivity contribution in [2.45, 2.75) is 13.2 Å². The minimum atomic E-state index is -2.99.